The first kappa shape index (κ1) is 17.1. The van der Waals surface area contributed by atoms with E-state index in [1.807, 2.05) is 31.2 Å². The molecule has 1 aromatic carbocycles. The van der Waals surface area contributed by atoms with Gasteiger partial charge in [0, 0.05) is 34.6 Å². The Bertz CT molecular complexity index is 880. The van der Waals surface area contributed by atoms with Crippen LogP contribution in [0.4, 0.5) is 9.70 Å². The molecule has 6 nitrogen and oxygen atoms in total. The van der Waals surface area contributed by atoms with Gasteiger partial charge in [0.25, 0.3) is 0 Å². The number of hydrogen-bond donors (Lipinski definition) is 1. The number of amides is 1. The van der Waals surface area contributed by atoms with E-state index in [1.165, 1.54) is 4.90 Å². The molecule has 3 rings (SSSR count). The van der Waals surface area contributed by atoms with Gasteiger partial charge in [-0.1, -0.05) is 28.1 Å². The summed E-state index contributed by atoms with van der Waals surface area (Å²) in [5.74, 6) is -1.03. The van der Waals surface area contributed by atoms with E-state index in [0.29, 0.717) is 5.82 Å². The summed E-state index contributed by atoms with van der Waals surface area (Å²) in [5.41, 5.74) is 2.45. The van der Waals surface area contributed by atoms with Gasteiger partial charge in [0.05, 0.1) is 5.75 Å². The van der Waals surface area contributed by atoms with Gasteiger partial charge in [-0.15, -0.1) is 3.89 Å². The number of nitrogens with one attached hydrogen (secondary N) is 1. The third-order valence-electron chi connectivity index (χ3n) is 3.96. The predicted octanol–water partition coefficient (Wildman–Crippen LogP) is 2.80. The Morgan fingerprint density at radius 1 is 1.38 bits per heavy atom. The van der Waals surface area contributed by atoms with Gasteiger partial charge in [-0.05, 0) is 24.6 Å². The summed E-state index contributed by atoms with van der Waals surface area (Å²) in [6.07, 6.45) is -0.00512. The average Bonchev–Trinajstić information content (AvgIpc) is 3.01. The summed E-state index contributed by atoms with van der Waals surface area (Å²) in [5, 5.41) is 7.07. The number of carbonyl (C=O) groups is 1. The Morgan fingerprint density at radius 2 is 2.04 bits per heavy atom. The number of nitrogens with zero attached hydrogens (tertiary/aromatic N) is 2. The molecular formula is C15H15BrFN3O3S. The fourth-order valence-corrected chi connectivity index (χ4v) is 4.00. The third kappa shape index (κ3) is 3.51. The fourth-order valence-electron chi connectivity index (χ4n) is 2.95. The highest BCUT2D eigenvalue weighted by Gasteiger charge is 2.36. The molecule has 1 atom stereocenters. The van der Waals surface area contributed by atoms with Crippen molar-refractivity contribution in [3.8, 4) is 11.1 Å². The second kappa shape index (κ2) is 6.29. The molecule has 0 aliphatic carbocycles. The first-order chi connectivity index (χ1) is 11.2. The highest BCUT2D eigenvalue weighted by Crippen LogP contribution is 2.35. The SMILES string of the molecule is Cc1[nH]nc(N2CC(CS(=O)(=O)F)CC2=O)c1-c1ccc(Br)cc1. The number of halogens is 2. The van der Waals surface area contributed by atoms with Crippen molar-refractivity contribution < 1.29 is 17.1 Å². The maximum Gasteiger partial charge on any atom is 0.302 e. The summed E-state index contributed by atoms with van der Waals surface area (Å²) < 4.78 is 35.5. The van der Waals surface area contributed by atoms with Crippen molar-refractivity contribution in [3.63, 3.8) is 0 Å². The largest absolute Gasteiger partial charge is 0.302 e. The maximum absolute atomic E-state index is 12.9. The molecule has 1 saturated heterocycles. The molecule has 1 aromatic heterocycles. The maximum atomic E-state index is 12.9. The van der Waals surface area contributed by atoms with Crippen molar-refractivity contribution in [2.24, 2.45) is 5.92 Å². The Morgan fingerprint density at radius 3 is 2.67 bits per heavy atom. The quantitative estimate of drug-likeness (QED) is 0.778. The zero-order valence-corrected chi connectivity index (χ0v) is 15.2. The van der Waals surface area contributed by atoms with Crippen molar-refractivity contribution in [3.05, 3.63) is 34.4 Å². The molecule has 2 heterocycles. The highest BCUT2D eigenvalue weighted by molar-refractivity contribution is 9.10. The second-order valence-corrected chi connectivity index (χ2v) is 8.16. The lowest BCUT2D eigenvalue weighted by molar-refractivity contribution is -0.117. The first-order valence-corrected chi connectivity index (χ1v) is 9.63. The summed E-state index contributed by atoms with van der Waals surface area (Å²) in [7, 11) is -4.61. The van der Waals surface area contributed by atoms with Crippen LogP contribution in [0.2, 0.25) is 0 Å². The lowest BCUT2D eigenvalue weighted by Crippen LogP contribution is -2.26. The lowest BCUT2D eigenvalue weighted by atomic mass is 10.1. The number of hydrogen-bond acceptors (Lipinski definition) is 4. The molecule has 128 valence electrons. The molecule has 1 amide bonds. The van der Waals surface area contributed by atoms with Crippen molar-refractivity contribution in [1.82, 2.24) is 10.2 Å². The van der Waals surface area contributed by atoms with Crippen molar-refractivity contribution in [1.29, 1.82) is 0 Å². The molecule has 9 heteroatoms. The number of aromatic nitrogens is 2. The molecule has 0 spiro atoms. The molecule has 1 aliphatic heterocycles. The van der Waals surface area contributed by atoms with Crippen LogP contribution in [0.15, 0.2) is 28.7 Å². The van der Waals surface area contributed by atoms with E-state index in [0.717, 1.165) is 21.3 Å². The van der Waals surface area contributed by atoms with Crippen LogP contribution in [0.1, 0.15) is 12.1 Å². The molecular weight excluding hydrogens is 401 g/mol. The second-order valence-electron chi connectivity index (χ2n) is 5.83. The van der Waals surface area contributed by atoms with Crippen LogP contribution in [0.25, 0.3) is 11.1 Å². The predicted molar refractivity (Wildman–Crippen MR) is 91.8 cm³/mol. The van der Waals surface area contributed by atoms with Crippen LogP contribution in [-0.2, 0) is 15.0 Å². The van der Waals surface area contributed by atoms with E-state index in [4.69, 9.17) is 0 Å². The Labute approximate surface area is 147 Å². The third-order valence-corrected chi connectivity index (χ3v) is 5.35. The van der Waals surface area contributed by atoms with Crippen LogP contribution in [0.3, 0.4) is 0 Å². The van der Waals surface area contributed by atoms with Crippen LogP contribution >= 0.6 is 15.9 Å². The smallest absolute Gasteiger partial charge is 0.294 e. The van der Waals surface area contributed by atoms with Gasteiger partial charge < -0.3 is 0 Å². The Balaban J connectivity index is 1.93. The molecule has 2 aromatic rings. The van der Waals surface area contributed by atoms with Gasteiger partial charge in [-0.2, -0.15) is 13.5 Å². The van der Waals surface area contributed by atoms with Gasteiger partial charge in [0.15, 0.2) is 5.82 Å². The van der Waals surface area contributed by atoms with Gasteiger partial charge in [-0.3, -0.25) is 14.8 Å². The zero-order chi connectivity index (χ0) is 17.5. The number of aromatic amines is 1. The minimum absolute atomic E-state index is 0.00512. The average molecular weight is 416 g/mol. The highest BCUT2D eigenvalue weighted by atomic mass is 79.9. The molecule has 1 N–H and O–H groups in total. The summed E-state index contributed by atoms with van der Waals surface area (Å²) >= 11 is 3.38. The summed E-state index contributed by atoms with van der Waals surface area (Å²) in [4.78, 5) is 13.7. The van der Waals surface area contributed by atoms with Crippen molar-refractivity contribution in [2.45, 2.75) is 13.3 Å². The zero-order valence-electron chi connectivity index (χ0n) is 12.8. The van der Waals surface area contributed by atoms with E-state index in [9.17, 15) is 17.1 Å². The molecule has 24 heavy (non-hydrogen) atoms. The van der Waals surface area contributed by atoms with Gasteiger partial charge >= 0.3 is 10.2 Å². The van der Waals surface area contributed by atoms with E-state index in [1.54, 1.807) is 0 Å². The number of benzene rings is 1. The van der Waals surface area contributed by atoms with E-state index in [-0.39, 0.29) is 18.9 Å². The van der Waals surface area contributed by atoms with Crippen molar-refractivity contribution in [2.75, 3.05) is 17.2 Å². The topological polar surface area (TPSA) is 83.1 Å². The first-order valence-electron chi connectivity index (χ1n) is 7.28. The molecule has 1 fully saturated rings. The number of H-pyrrole nitrogens is 1. The van der Waals surface area contributed by atoms with E-state index >= 15 is 0 Å². The van der Waals surface area contributed by atoms with Crippen LogP contribution in [0, 0.1) is 12.8 Å². The summed E-state index contributed by atoms with van der Waals surface area (Å²) in [6.45, 7) is 1.98. The van der Waals surface area contributed by atoms with E-state index in [2.05, 4.69) is 26.1 Å². The Hall–Kier alpha value is -1.74. The van der Waals surface area contributed by atoms with Gasteiger partial charge in [-0.25, -0.2) is 0 Å². The standard InChI is InChI=1S/C15H15BrFN3O3S/c1-9-14(11-2-4-12(16)5-3-11)15(19-18-9)20-7-10(6-13(20)21)8-24(17,22)23/h2-5,10H,6-8H2,1H3,(H,18,19). The molecule has 0 saturated carbocycles. The monoisotopic (exact) mass is 415 g/mol. The lowest BCUT2D eigenvalue weighted by Gasteiger charge is -2.16. The summed E-state index contributed by atoms with van der Waals surface area (Å²) in [6, 6.07) is 7.57. The number of carbonyl (C=O) groups excluding carboxylic acids is 1. The minimum atomic E-state index is -4.61. The van der Waals surface area contributed by atoms with Crippen LogP contribution < -0.4 is 4.90 Å². The van der Waals surface area contributed by atoms with Gasteiger partial charge in [0.1, 0.15) is 0 Å². The fraction of sp³-hybridized carbons (Fsp3) is 0.333. The molecule has 0 radical (unpaired) electrons. The normalized spacial score (nSPS) is 18.4. The number of aryl methyl sites for hydroxylation is 1. The molecule has 0 bridgehead atoms. The van der Waals surface area contributed by atoms with Crippen molar-refractivity contribution >= 4 is 37.9 Å². The van der Waals surface area contributed by atoms with E-state index < -0.39 is 21.9 Å². The Kier molecular flexibility index (Phi) is 4.48. The molecule has 1 unspecified atom stereocenters. The number of anilines is 1. The van der Waals surface area contributed by atoms with Crippen LogP contribution in [0.5, 0.6) is 0 Å². The molecule has 1 aliphatic rings. The van der Waals surface area contributed by atoms with Gasteiger partial charge in [0.2, 0.25) is 5.91 Å². The minimum Gasteiger partial charge on any atom is -0.294 e. The number of rotatable bonds is 4. The van der Waals surface area contributed by atoms with Crippen LogP contribution in [-0.4, -0.2) is 36.8 Å².